The van der Waals surface area contributed by atoms with Gasteiger partial charge in [-0.05, 0) is 37.3 Å². The van der Waals surface area contributed by atoms with Crippen LogP contribution >= 0.6 is 0 Å². The molecule has 3 heterocycles. The van der Waals surface area contributed by atoms with Crippen LogP contribution in [-0.4, -0.2) is 28.9 Å². The van der Waals surface area contributed by atoms with Crippen LogP contribution in [0.4, 0.5) is 4.39 Å². The SMILES string of the molecule is Cn1c(=O)c2c(F)cccc2n2cnc(-n3nncc3CC3CC3)c12. The summed E-state index contributed by atoms with van der Waals surface area (Å²) in [5.74, 6) is 0.661. The molecule has 7 nitrogen and oxygen atoms in total. The molecule has 3 aromatic heterocycles. The molecule has 0 unspecified atom stereocenters. The lowest BCUT2D eigenvalue weighted by Gasteiger charge is -2.09. The third-order valence-electron chi connectivity index (χ3n) is 4.83. The van der Waals surface area contributed by atoms with Crippen LogP contribution in [0.15, 0.2) is 35.5 Å². The highest BCUT2D eigenvalue weighted by Crippen LogP contribution is 2.33. The summed E-state index contributed by atoms with van der Waals surface area (Å²) in [6, 6.07) is 4.59. The van der Waals surface area contributed by atoms with Gasteiger partial charge in [0.25, 0.3) is 5.56 Å². The molecule has 1 aliphatic rings. The maximum atomic E-state index is 14.2. The highest BCUT2D eigenvalue weighted by Gasteiger charge is 2.25. The molecule has 1 aromatic carbocycles. The lowest BCUT2D eigenvalue weighted by Crippen LogP contribution is -2.21. The summed E-state index contributed by atoms with van der Waals surface area (Å²) in [4.78, 5) is 17.1. The van der Waals surface area contributed by atoms with E-state index in [1.54, 1.807) is 40.8 Å². The molecule has 0 spiro atoms. The Morgan fingerprint density at radius 2 is 2.16 bits per heavy atom. The van der Waals surface area contributed by atoms with E-state index in [0.717, 1.165) is 12.1 Å². The number of nitrogens with zero attached hydrogens (tertiary/aromatic N) is 6. The predicted octanol–water partition coefficient (Wildman–Crippen LogP) is 1.86. The minimum absolute atomic E-state index is 0.0539. The molecule has 0 aliphatic heterocycles. The van der Waals surface area contributed by atoms with Crippen LogP contribution in [-0.2, 0) is 13.5 Å². The van der Waals surface area contributed by atoms with Crippen molar-refractivity contribution in [3.05, 3.63) is 52.6 Å². The zero-order chi connectivity index (χ0) is 17.1. The molecule has 0 saturated heterocycles. The topological polar surface area (TPSA) is 70.0 Å². The standard InChI is InChI=1S/C17H15FN6O/c1-22-16-15(24-11(8-20-21-24)7-10-5-6-10)19-9-23(16)13-4-2-3-12(18)14(13)17(22)25/h2-4,8-10H,5-7H2,1H3. The zero-order valence-electron chi connectivity index (χ0n) is 13.6. The van der Waals surface area contributed by atoms with Crippen LogP contribution in [0, 0.1) is 11.7 Å². The summed E-state index contributed by atoms with van der Waals surface area (Å²) < 4.78 is 19.0. The van der Waals surface area contributed by atoms with Crippen LogP contribution < -0.4 is 5.56 Å². The molecule has 4 aromatic rings. The van der Waals surface area contributed by atoms with E-state index in [4.69, 9.17) is 0 Å². The molecule has 1 fully saturated rings. The lowest BCUT2D eigenvalue weighted by molar-refractivity contribution is 0.636. The Kier molecular flexibility index (Phi) is 2.85. The number of benzene rings is 1. The van der Waals surface area contributed by atoms with E-state index in [2.05, 4.69) is 15.3 Å². The fourth-order valence-electron chi connectivity index (χ4n) is 3.35. The Morgan fingerprint density at radius 1 is 1.32 bits per heavy atom. The van der Waals surface area contributed by atoms with Crippen molar-refractivity contribution in [1.82, 2.24) is 28.9 Å². The van der Waals surface area contributed by atoms with E-state index in [1.807, 2.05) is 0 Å². The van der Waals surface area contributed by atoms with Crippen LogP contribution in [0.2, 0.25) is 0 Å². The van der Waals surface area contributed by atoms with Gasteiger partial charge in [0.15, 0.2) is 11.5 Å². The molecular weight excluding hydrogens is 323 g/mol. The molecule has 0 atom stereocenters. The number of fused-ring (bicyclic) bond motifs is 3. The first-order valence-corrected chi connectivity index (χ1v) is 8.19. The summed E-state index contributed by atoms with van der Waals surface area (Å²) in [7, 11) is 1.62. The van der Waals surface area contributed by atoms with Gasteiger partial charge in [0, 0.05) is 7.05 Å². The smallest absolute Gasteiger partial charge is 0.264 e. The van der Waals surface area contributed by atoms with Gasteiger partial charge >= 0.3 is 0 Å². The average molecular weight is 338 g/mol. The molecule has 5 rings (SSSR count). The number of aromatic nitrogens is 6. The molecule has 1 aliphatic carbocycles. The van der Waals surface area contributed by atoms with Crippen LogP contribution in [0.1, 0.15) is 18.5 Å². The summed E-state index contributed by atoms with van der Waals surface area (Å²) in [6.07, 6.45) is 6.66. The third kappa shape index (κ3) is 2.03. The minimum atomic E-state index is -0.537. The van der Waals surface area contributed by atoms with Crippen molar-refractivity contribution in [3.8, 4) is 5.82 Å². The third-order valence-corrected chi connectivity index (χ3v) is 4.83. The largest absolute Gasteiger partial charge is 0.294 e. The van der Waals surface area contributed by atoms with Crippen molar-refractivity contribution >= 4 is 16.6 Å². The second kappa shape index (κ2) is 4.98. The molecule has 0 N–H and O–H groups in total. The molecule has 1 saturated carbocycles. The Labute approximate surface area is 141 Å². The maximum Gasteiger partial charge on any atom is 0.264 e. The van der Waals surface area contributed by atoms with Crippen molar-refractivity contribution in [2.24, 2.45) is 13.0 Å². The van der Waals surface area contributed by atoms with Crippen LogP contribution in [0.25, 0.3) is 22.4 Å². The van der Waals surface area contributed by atoms with Gasteiger partial charge in [-0.15, -0.1) is 5.10 Å². The first-order chi connectivity index (χ1) is 12.1. The number of aryl methyl sites for hydroxylation is 1. The van der Waals surface area contributed by atoms with E-state index >= 15 is 0 Å². The summed E-state index contributed by atoms with van der Waals surface area (Å²) >= 11 is 0. The van der Waals surface area contributed by atoms with Gasteiger partial charge in [-0.25, -0.2) is 9.37 Å². The quantitative estimate of drug-likeness (QED) is 0.572. The molecule has 0 bridgehead atoms. The second-order valence-electron chi connectivity index (χ2n) is 6.54. The van der Waals surface area contributed by atoms with E-state index in [-0.39, 0.29) is 5.39 Å². The monoisotopic (exact) mass is 338 g/mol. The first-order valence-electron chi connectivity index (χ1n) is 8.19. The average Bonchev–Trinajstić information content (AvgIpc) is 3.12. The summed E-state index contributed by atoms with van der Waals surface area (Å²) in [6.45, 7) is 0. The number of halogens is 1. The van der Waals surface area contributed by atoms with Gasteiger partial charge in [0.05, 0.1) is 22.8 Å². The Bertz CT molecular complexity index is 1180. The fourth-order valence-corrected chi connectivity index (χ4v) is 3.35. The van der Waals surface area contributed by atoms with Gasteiger partial charge in [0.1, 0.15) is 12.1 Å². The minimum Gasteiger partial charge on any atom is -0.294 e. The normalized spacial score (nSPS) is 14.6. The van der Waals surface area contributed by atoms with Crippen molar-refractivity contribution < 1.29 is 4.39 Å². The van der Waals surface area contributed by atoms with Crippen LogP contribution in [0.5, 0.6) is 0 Å². The van der Waals surface area contributed by atoms with E-state index < -0.39 is 11.4 Å². The highest BCUT2D eigenvalue weighted by atomic mass is 19.1. The predicted molar refractivity (Wildman–Crippen MR) is 89.2 cm³/mol. The molecular formula is C17H15FN6O. The number of imidazole rings is 1. The van der Waals surface area contributed by atoms with Gasteiger partial charge < -0.3 is 0 Å². The van der Waals surface area contributed by atoms with Crippen LogP contribution in [0.3, 0.4) is 0 Å². The molecule has 126 valence electrons. The highest BCUT2D eigenvalue weighted by molar-refractivity contribution is 5.82. The van der Waals surface area contributed by atoms with E-state index in [0.29, 0.717) is 22.9 Å². The van der Waals surface area contributed by atoms with Gasteiger partial charge in [-0.3, -0.25) is 13.8 Å². The summed E-state index contributed by atoms with van der Waals surface area (Å²) in [5, 5.41) is 8.22. The summed E-state index contributed by atoms with van der Waals surface area (Å²) in [5.41, 5.74) is 1.62. The van der Waals surface area contributed by atoms with E-state index in [1.165, 1.54) is 23.5 Å². The Morgan fingerprint density at radius 3 is 2.96 bits per heavy atom. The van der Waals surface area contributed by atoms with Crippen molar-refractivity contribution in [2.75, 3.05) is 0 Å². The number of rotatable bonds is 3. The van der Waals surface area contributed by atoms with Gasteiger partial charge in [-0.1, -0.05) is 11.3 Å². The maximum absolute atomic E-state index is 14.2. The zero-order valence-corrected chi connectivity index (χ0v) is 13.6. The van der Waals surface area contributed by atoms with Crippen molar-refractivity contribution in [2.45, 2.75) is 19.3 Å². The Balaban J connectivity index is 1.83. The van der Waals surface area contributed by atoms with Crippen molar-refractivity contribution in [3.63, 3.8) is 0 Å². The lowest BCUT2D eigenvalue weighted by atomic mass is 10.2. The Hall–Kier alpha value is -3.03. The number of hydrogen-bond donors (Lipinski definition) is 0. The molecule has 0 amide bonds. The van der Waals surface area contributed by atoms with Gasteiger partial charge in [-0.2, -0.15) is 4.68 Å². The molecule has 8 heteroatoms. The van der Waals surface area contributed by atoms with E-state index in [9.17, 15) is 9.18 Å². The molecule has 25 heavy (non-hydrogen) atoms. The number of hydrogen-bond acceptors (Lipinski definition) is 4. The molecule has 0 radical (unpaired) electrons. The van der Waals surface area contributed by atoms with Gasteiger partial charge in [0.2, 0.25) is 0 Å². The fraction of sp³-hybridized carbons (Fsp3) is 0.294. The second-order valence-corrected chi connectivity index (χ2v) is 6.54. The van der Waals surface area contributed by atoms with Crippen molar-refractivity contribution in [1.29, 1.82) is 0 Å². The first kappa shape index (κ1) is 14.3.